The predicted octanol–water partition coefficient (Wildman–Crippen LogP) is 2.81. The lowest BCUT2D eigenvalue weighted by Gasteiger charge is -2.46. The van der Waals surface area contributed by atoms with Crippen molar-refractivity contribution in [2.75, 3.05) is 20.3 Å². The molecule has 0 unspecified atom stereocenters. The van der Waals surface area contributed by atoms with Gasteiger partial charge in [0.2, 0.25) is 5.91 Å². The number of carbonyl (C=O) groups excluding carboxylic acids is 1. The van der Waals surface area contributed by atoms with Crippen LogP contribution >= 0.6 is 0 Å². The van der Waals surface area contributed by atoms with Gasteiger partial charge >= 0.3 is 0 Å². The van der Waals surface area contributed by atoms with Crippen molar-refractivity contribution in [1.82, 2.24) is 4.90 Å². The number of likely N-dealkylation sites (tertiary alicyclic amines) is 1. The molecular formula is C16H29NO3Si. The predicted molar refractivity (Wildman–Crippen MR) is 86.7 cm³/mol. The zero-order valence-electron chi connectivity index (χ0n) is 14.2. The molecular weight excluding hydrogens is 282 g/mol. The minimum atomic E-state index is -1.67. The summed E-state index contributed by atoms with van der Waals surface area (Å²) in [5.74, 6) is 0.291. The second-order valence-electron chi connectivity index (χ2n) is 7.60. The zero-order valence-corrected chi connectivity index (χ0v) is 15.2. The zero-order chi connectivity index (χ0) is 15.8. The molecule has 4 nitrogen and oxygen atoms in total. The number of ether oxygens (including phenoxy) is 1. The molecule has 0 radical (unpaired) electrons. The van der Waals surface area contributed by atoms with E-state index in [0.717, 1.165) is 19.6 Å². The van der Waals surface area contributed by atoms with Crippen molar-refractivity contribution >= 4 is 14.2 Å². The third kappa shape index (κ3) is 3.10. The highest BCUT2D eigenvalue weighted by atomic mass is 28.4. The van der Waals surface area contributed by atoms with Gasteiger partial charge in [0.15, 0.2) is 8.32 Å². The summed E-state index contributed by atoms with van der Waals surface area (Å²) in [5.41, 5.74) is 0. The lowest BCUT2D eigenvalue weighted by Crippen LogP contribution is -2.62. The van der Waals surface area contributed by atoms with Gasteiger partial charge in [-0.15, -0.1) is 0 Å². The Hall–Kier alpha value is -0.653. The fraction of sp³-hybridized carbons (Fsp3) is 0.812. The van der Waals surface area contributed by atoms with Crippen LogP contribution in [0.2, 0.25) is 18.1 Å². The molecule has 2 rings (SSSR count). The number of rotatable bonds is 6. The normalized spacial score (nSPS) is 28.8. The third-order valence-corrected chi connectivity index (χ3v) is 9.76. The van der Waals surface area contributed by atoms with E-state index in [4.69, 9.17) is 9.16 Å². The van der Waals surface area contributed by atoms with E-state index in [9.17, 15) is 4.79 Å². The number of fused-ring (bicyclic) bond motifs is 1. The van der Waals surface area contributed by atoms with Gasteiger partial charge in [0.05, 0.1) is 18.1 Å². The molecule has 3 atom stereocenters. The number of β-lactam (4-membered cyclic amide) rings is 1. The van der Waals surface area contributed by atoms with Gasteiger partial charge in [-0.1, -0.05) is 32.9 Å². The first kappa shape index (κ1) is 16.7. The van der Waals surface area contributed by atoms with Crippen LogP contribution in [0.3, 0.4) is 0 Å². The Balaban J connectivity index is 1.76. The van der Waals surface area contributed by atoms with E-state index in [2.05, 4.69) is 33.9 Å². The number of methoxy groups -OCH3 is 1. The van der Waals surface area contributed by atoms with Crippen molar-refractivity contribution in [3.8, 4) is 0 Å². The molecule has 0 saturated carbocycles. The quantitative estimate of drug-likeness (QED) is 0.328. The summed E-state index contributed by atoms with van der Waals surface area (Å²) >= 11 is 0. The van der Waals surface area contributed by atoms with Gasteiger partial charge in [0.25, 0.3) is 0 Å². The molecule has 2 aliphatic rings. The summed E-state index contributed by atoms with van der Waals surface area (Å²) in [4.78, 5) is 14.0. The SMILES string of the molecule is CO[C@@H]1C=C[C@H]2C(=O)N(CCCO[Si](C)(C)C(C)(C)C)[C@@H]12. The Labute approximate surface area is 129 Å². The maximum absolute atomic E-state index is 12.0. The number of hydrogen-bond acceptors (Lipinski definition) is 3. The molecule has 0 bridgehead atoms. The highest BCUT2D eigenvalue weighted by molar-refractivity contribution is 6.74. The molecule has 1 aliphatic carbocycles. The molecule has 120 valence electrons. The van der Waals surface area contributed by atoms with Crippen molar-refractivity contribution in [2.24, 2.45) is 5.92 Å². The molecule has 0 aromatic carbocycles. The lowest BCUT2D eigenvalue weighted by atomic mass is 9.89. The van der Waals surface area contributed by atoms with Crippen LogP contribution < -0.4 is 0 Å². The second-order valence-corrected chi connectivity index (χ2v) is 12.4. The molecule has 1 saturated heterocycles. The van der Waals surface area contributed by atoms with Gasteiger partial charge in [0.1, 0.15) is 0 Å². The molecule has 0 aromatic heterocycles. The lowest BCUT2D eigenvalue weighted by molar-refractivity contribution is -0.157. The van der Waals surface area contributed by atoms with Crippen LogP contribution in [-0.4, -0.2) is 51.5 Å². The average Bonchev–Trinajstić information content (AvgIpc) is 2.76. The Morgan fingerprint density at radius 3 is 2.52 bits per heavy atom. The van der Waals surface area contributed by atoms with E-state index in [1.54, 1.807) is 7.11 Å². The average molecular weight is 311 g/mol. The Morgan fingerprint density at radius 1 is 1.29 bits per heavy atom. The largest absolute Gasteiger partial charge is 0.417 e. The molecule has 0 spiro atoms. The van der Waals surface area contributed by atoms with Gasteiger partial charge in [0, 0.05) is 20.3 Å². The standard InChI is InChI=1S/C16H29NO3Si/c1-16(2,3)21(5,6)20-11-7-10-17-14-12(15(17)18)8-9-13(14)19-4/h8-9,12-14H,7,10-11H2,1-6H3/t12-,13-,14-/m1/s1. The van der Waals surface area contributed by atoms with Gasteiger partial charge in [-0.3, -0.25) is 4.79 Å². The van der Waals surface area contributed by atoms with Crippen LogP contribution in [0.4, 0.5) is 0 Å². The summed E-state index contributed by atoms with van der Waals surface area (Å²) in [5, 5.41) is 0.237. The Bertz CT molecular complexity index is 428. The molecule has 1 heterocycles. The van der Waals surface area contributed by atoms with Crippen molar-refractivity contribution < 1.29 is 14.0 Å². The molecule has 5 heteroatoms. The highest BCUT2D eigenvalue weighted by Crippen LogP contribution is 2.38. The Morgan fingerprint density at radius 2 is 1.95 bits per heavy atom. The molecule has 0 aromatic rings. The van der Waals surface area contributed by atoms with Gasteiger partial charge < -0.3 is 14.1 Å². The topological polar surface area (TPSA) is 38.8 Å². The Kier molecular flexibility index (Phi) is 4.66. The van der Waals surface area contributed by atoms with E-state index < -0.39 is 8.32 Å². The van der Waals surface area contributed by atoms with E-state index in [-0.39, 0.29) is 29.0 Å². The summed E-state index contributed by atoms with van der Waals surface area (Å²) in [6, 6.07) is 0.218. The summed E-state index contributed by atoms with van der Waals surface area (Å²) in [6.07, 6.45) is 4.97. The number of hydrogen-bond donors (Lipinski definition) is 0. The maximum atomic E-state index is 12.0. The number of carbonyl (C=O) groups is 1. The van der Waals surface area contributed by atoms with Crippen molar-refractivity contribution in [1.29, 1.82) is 0 Å². The first-order valence-electron chi connectivity index (χ1n) is 7.84. The minimum absolute atomic E-state index is 0.0521. The molecule has 1 fully saturated rings. The van der Waals surface area contributed by atoms with Crippen LogP contribution in [0, 0.1) is 5.92 Å². The smallest absolute Gasteiger partial charge is 0.232 e. The maximum Gasteiger partial charge on any atom is 0.232 e. The molecule has 0 N–H and O–H groups in total. The van der Waals surface area contributed by atoms with Gasteiger partial charge in [-0.25, -0.2) is 0 Å². The van der Waals surface area contributed by atoms with E-state index in [1.165, 1.54) is 0 Å². The molecule has 21 heavy (non-hydrogen) atoms. The van der Waals surface area contributed by atoms with Crippen molar-refractivity contribution in [3.63, 3.8) is 0 Å². The van der Waals surface area contributed by atoms with E-state index in [0.29, 0.717) is 0 Å². The fourth-order valence-corrected chi connectivity index (χ4v) is 3.86. The fourth-order valence-electron chi connectivity index (χ4n) is 2.77. The second kappa shape index (κ2) is 5.86. The van der Waals surface area contributed by atoms with Gasteiger partial charge in [-0.2, -0.15) is 0 Å². The van der Waals surface area contributed by atoms with E-state index in [1.807, 2.05) is 17.1 Å². The van der Waals surface area contributed by atoms with E-state index >= 15 is 0 Å². The van der Waals surface area contributed by atoms with Crippen LogP contribution in [0.1, 0.15) is 27.2 Å². The number of amides is 1. The van der Waals surface area contributed by atoms with Crippen LogP contribution in [0.5, 0.6) is 0 Å². The molecule has 1 aliphatic heterocycles. The number of nitrogens with zero attached hydrogens (tertiary/aromatic N) is 1. The first-order valence-corrected chi connectivity index (χ1v) is 10.8. The van der Waals surface area contributed by atoms with Crippen LogP contribution in [-0.2, 0) is 14.0 Å². The highest BCUT2D eigenvalue weighted by Gasteiger charge is 2.51. The van der Waals surface area contributed by atoms with Crippen LogP contribution in [0.25, 0.3) is 0 Å². The third-order valence-electron chi connectivity index (χ3n) is 5.23. The molecule has 1 amide bonds. The van der Waals surface area contributed by atoms with Crippen molar-refractivity contribution in [3.05, 3.63) is 12.2 Å². The van der Waals surface area contributed by atoms with Gasteiger partial charge in [-0.05, 0) is 24.6 Å². The van der Waals surface area contributed by atoms with Crippen molar-refractivity contribution in [2.45, 2.75) is 57.5 Å². The first-order chi connectivity index (χ1) is 9.69. The van der Waals surface area contributed by atoms with Crippen LogP contribution in [0.15, 0.2) is 12.2 Å². The minimum Gasteiger partial charge on any atom is -0.417 e. The monoisotopic (exact) mass is 311 g/mol. The summed E-state index contributed by atoms with van der Waals surface area (Å²) in [7, 11) is 0.0338. The summed E-state index contributed by atoms with van der Waals surface area (Å²) in [6.45, 7) is 12.8. The summed E-state index contributed by atoms with van der Waals surface area (Å²) < 4.78 is 11.6.